The van der Waals surface area contributed by atoms with Crippen molar-refractivity contribution in [2.75, 3.05) is 25.9 Å². The normalized spacial score (nSPS) is 18.7. The SMILES string of the molecule is CN=C(NCCCS(=O)(=O)Cc1ccccc1)N1CC(C)(C)C1(C)C.I. The number of nitrogens with one attached hydrogen (secondary N) is 1. The second-order valence-corrected chi connectivity index (χ2v) is 10.1. The number of halogens is 1. The molecule has 1 aliphatic rings. The zero-order valence-corrected chi connectivity index (χ0v) is 19.6. The Hall–Kier alpha value is -0.830. The number of benzene rings is 1. The van der Waals surface area contributed by atoms with Gasteiger partial charge in [-0.25, -0.2) is 8.42 Å². The highest BCUT2D eigenvalue weighted by molar-refractivity contribution is 14.0. The number of hydrogen-bond donors (Lipinski definition) is 1. The van der Waals surface area contributed by atoms with Crippen LogP contribution in [0.25, 0.3) is 0 Å². The zero-order valence-electron chi connectivity index (χ0n) is 16.4. The molecule has 0 unspecified atom stereocenters. The number of rotatable bonds is 6. The summed E-state index contributed by atoms with van der Waals surface area (Å²) in [6.45, 7) is 10.5. The van der Waals surface area contributed by atoms with Gasteiger partial charge >= 0.3 is 0 Å². The molecule has 2 rings (SSSR count). The van der Waals surface area contributed by atoms with E-state index in [4.69, 9.17) is 0 Å². The van der Waals surface area contributed by atoms with E-state index >= 15 is 0 Å². The van der Waals surface area contributed by atoms with Crippen molar-refractivity contribution in [2.45, 2.75) is 45.4 Å². The molecule has 1 fully saturated rings. The summed E-state index contributed by atoms with van der Waals surface area (Å²) in [4.78, 5) is 6.61. The van der Waals surface area contributed by atoms with E-state index in [0.29, 0.717) is 13.0 Å². The lowest BCUT2D eigenvalue weighted by Gasteiger charge is -2.62. The average Bonchev–Trinajstić information content (AvgIpc) is 2.54. The Bertz CT molecular complexity index is 716. The molecule has 7 heteroatoms. The van der Waals surface area contributed by atoms with Crippen LogP contribution in [0.4, 0.5) is 0 Å². The molecule has 5 nitrogen and oxygen atoms in total. The summed E-state index contributed by atoms with van der Waals surface area (Å²) >= 11 is 0. The summed E-state index contributed by atoms with van der Waals surface area (Å²) in [6, 6.07) is 9.33. The van der Waals surface area contributed by atoms with Gasteiger partial charge in [0.2, 0.25) is 0 Å². The van der Waals surface area contributed by atoms with E-state index in [0.717, 1.165) is 18.1 Å². The fraction of sp³-hybridized carbons (Fsp3) is 0.632. The van der Waals surface area contributed by atoms with Crippen LogP contribution in [0.15, 0.2) is 35.3 Å². The summed E-state index contributed by atoms with van der Waals surface area (Å²) < 4.78 is 24.5. The van der Waals surface area contributed by atoms with Gasteiger partial charge in [-0.1, -0.05) is 44.2 Å². The minimum Gasteiger partial charge on any atom is -0.356 e. The average molecular weight is 493 g/mol. The van der Waals surface area contributed by atoms with Gasteiger partial charge in [-0.15, -0.1) is 24.0 Å². The van der Waals surface area contributed by atoms with Crippen molar-refractivity contribution in [3.8, 4) is 0 Å². The molecule has 148 valence electrons. The Kier molecular flexibility index (Phi) is 7.95. The molecule has 1 N–H and O–H groups in total. The Morgan fingerprint density at radius 2 is 1.81 bits per heavy atom. The topological polar surface area (TPSA) is 61.8 Å². The zero-order chi connectivity index (χ0) is 18.7. The predicted octanol–water partition coefficient (Wildman–Crippen LogP) is 3.31. The number of hydrogen-bond acceptors (Lipinski definition) is 3. The van der Waals surface area contributed by atoms with Crippen LogP contribution < -0.4 is 5.32 Å². The summed E-state index contributed by atoms with van der Waals surface area (Å²) in [7, 11) is -1.31. The molecular weight excluding hydrogens is 461 g/mol. The third-order valence-electron chi connectivity index (χ3n) is 5.50. The number of nitrogens with zero attached hydrogens (tertiary/aromatic N) is 2. The second-order valence-electron chi connectivity index (χ2n) is 7.93. The maximum atomic E-state index is 12.2. The van der Waals surface area contributed by atoms with Crippen molar-refractivity contribution < 1.29 is 8.42 Å². The van der Waals surface area contributed by atoms with E-state index in [1.807, 2.05) is 30.3 Å². The van der Waals surface area contributed by atoms with Crippen molar-refractivity contribution in [1.29, 1.82) is 0 Å². The monoisotopic (exact) mass is 493 g/mol. The first-order chi connectivity index (χ1) is 11.6. The van der Waals surface area contributed by atoms with Gasteiger partial charge in [0.1, 0.15) is 0 Å². The number of sulfone groups is 1. The van der Waals surface area contributed by atoms with Crippen molar-refractivity contribution in [3.63, 3.8) is 0 Å². The van der Waals surface area contributed by atoms with Crippen molar-refractivity contribution in [2.24, 2.45) is 10.4 Å². The number of guanidine groups is 1. The van der Waals surface area contributed by atoms with Crippen LogP contribution >= 0.6 is 24.0 Å². The fourth-order valence-corrected chi connectivity index (χ4v) is 4.52. The van der Waals surface area contributed by atoms with Crippen LogP contribution in [0, 0.1) is 5.41 Å². The lowest BCUT2D eigenvalue weighted by molar-refractivity contribution is -0.0666. The van der Waals surface area contributed by atoms with E-state index < -0.39 is 9.84 Å². The summed E-state index contributed by atoms with van der Waals surface area (Å²) in [5.74, 6) is 1.14. The molecule has 1 aliphatic heterocycles. The summed E-state index contributed by atoms with van der Waals surface area (Å²) in [5.41, 5.74) is 1.12. The van der Waals surface area contributed by atoms with Crippen molar-refractivity contribution in [1.82, 2.24) is 10.2 Å². The highest BCUT2D eigenvalue weighted by Crippen LogP contribution is 2.46. The molecule has 0 bridgehead atoms. The van der Waals surface area contributed by atoms with Crippen LogP contribution in [0.5, 0.6) is 0 Å². The molecule has 0 aliphatic carbocycles. The first kappa shape index (κ1) is 23.2. The minimum atomic E-state index is -3.09. The molecule has 0 amide bonds. The second kappa shape index (κ2) is 8.91. The molecule has 1 heterocycles. The largest absolute Gasteiger partial charge is 0.356 e. The van der Waals surface area contributed by atoms with Gasteiger partial charge in [-0.05, 0) is 25.8 Å². The van der Waals surface area contributed by atoms with E-state index in [1.165, 1.54) is 0 Å². The van der Waals surface area contributed by atoms with Crippen LogP contribution in [0.2, 0.25) is 0 Å². The molecule has 1 saturated heterocycles. The Labute approximate surface area is 175 Å². The lowest BCUT2D eigenvalue weighted by atomic mass is 9.65. The predicted molar refractivity (Wildman–Crippen MR) is 120 cm³/mol. The van der Waals surface area contributed by atoms with E-state index in [-0.39, 0.29) is 46.4 Å². The third kappa shape index (κ3) is 5.34. The number of likely N-dealkylation sites (tertiary alicyclic amines) is 1. The molecular formula is C19H32IN3O2S. The van der Waals surface area contributed by atoms with Crippen molar-refractivity contribution >= 4 is 39.8 Å². The summed E-state index contributed by atoms with van der Waals surface area (Å²) in [6.07, 6.45) is 0.575. The molecule has 0 spiro atoms. The molecule has 0 radical (unpaired) electrons. The molecule has 0 aromatic heterocycles. The first-order valence-corrected chi connectivity index (χ1v) is 10.6. The van der Waals surface area contributed by atoms with Gasteiger partial charge in [-0.3, -0.25) is 4.99 Å². The van der Waals surface area contributed by atoms with E-state index in [2.05, 4.69) is 42.9 Å². The molecule has 0 saturated carbocycles. The summed E-state index contributed by atoms with van der Waals surface area (Å²) in [5, 5.41) is 3.31. The number of aliphatic imine (C=N–C) groups is 1. The van der Waals surface area contributed by atoms with Gasteiger partial charge in [-0.2, -0.15) is 0 Å². The molecule has 26 heavy (non-hydrogen) atoms. The van der Waals surface area contributed by atoms with Gasteiger partial charge < -0.3 is 10.2 Å². The fourth-order valence-electron chi connectivity index (χ4n) is 3.09. The van der Waals surface area contributed by atoms with E-state index in [9.17, 15) is 8.42 Å². The highest BCUT2D eigenvalue weighted by atomic mass is 127. The van der Waals surface area contributed by atoms with Gasteiger partial charge in [0.25, 0.3) is 0 Å². The highest BCUT2D eigenvalue weighted by Gasteiger charge is 2.53. The van der Waals surface area contributed by atoms with Crippen LogP contribution in [0.3, 0.4) is 0 Å². The maximum absolute atomic E-state index is 12.2. The Morgan fingerprint density at radius 3 is 2.31 bits per heavy atom. The van der Waals surface area contributed by atoms with Gasteiger partial charge in [0.05, 0.1) is 11.5 Å². The smallest absolute Gasteiger partial charge is 0.194 e. The quantitative estimate of drug-likeness (QED) is 0.286. The van der Waals surface area contributed by atoms with Gasteiger partial charge in [0.15, 0.2) is 15.8 Å². The first-order valence-electron chi connectivity index (χ1n) is 8.82. The van der Waals surface area contributed by atoms with Crippen LogP contribution in [-0.2, 0) is 15.6 Å². The standard InChI is InChI=1S/C19H31N3O2S.HI/c1-18(2)15-22(19(18,3)4)17(20-5)21-12-9-13-25(23,24)14-16-10-7-6-8-11-16;/h6-8,10-11H,9,12-15H2,1-5H3,(H,20,21);1H. The van der Waals surface area contributed by atoms with E-state index in [1.54, 1.807) is 7.05 Å². The minimum absolute atomic E-state index is 0. The maximum Gasteiger partial charge on any atom is 0.194 e. The Morgan fingerprint density at radius 1 is 1.19 bits per heavy atom. The third-order valence-corrected chi connectivity index (χ3v) is 7.18. The van der Waals surface area contributed by atoms with Crippen molar-refractivity contribution in [3.05, 3.63) is 35.9 Å². The Balaban J connectivity index is 0.00000338. The van der Waals surface area contributed by atoms with Crippen LogP contribution in [-0.4, -0.2) is 50.7 Å². The van der Waals surface area contributed by atoms with Gasteiger partial charge in [0, 0.05) is 31.1 Å². The molecule has 1 aromatic carbocycles. The lowest BCUT2D eigenvalue weighted by Crippen LogP contribution is -2.72. The molecule has 0 atom stereocenters. The molecule has 1 aromatic rings. The van der Waals surface area contributed by atoms with Crippen LogP contribution in [0.1, 0.15) is 39.7 Å².